The van der Waals surface area contributed by atoms with E-state index in [2.05, 4.69) is 15.2 Å². The molecule has 0 saturated heterocycles. The van der Waals surface area contributed by atoms with Crippen LogP contribution in [0.5, 0.6) is 0 Å². The molecule has 0 aliphatic heterocycles. The van der Waals surface area contributed by atoms with Crippen LogP contribution < -0.4 is 0 Å². The molecule has 3 N–H and O–H groups in total. The molecule has 5 rings (SSSR count). The monoisotopic (exact) mass is 331 g/mol. The van der Waals surface area contributed by atoms with Crippen molar-refractivity contribution in [3.05, 3.63) is 48.8 Å². The Hall–Kier alpha value is -3.61. The lowest BCUT2D eigenvalue weighted by atomic mass is 10.2. The summed E-state index contributed by atoms with van der Waals surface area (Å²) in [7, 11) is 0. The third-order valence-electron chi connectivity index (χ3n) is 4.38. The molecule has 5 aromatic rings. The van der Waals surface area contributed by atoms with Crippen molar-refractivity contribution in [1.82, 2.24) is 24.7 Å². The number of rotatable bonds is 3. The van der Waals surface area contributed by atoms with Gasteiger partial charge < -0.3 is 14.7 Å². The lowest BCUT2D eigenvalue weighted by molar-refractivity contribution is -0.137. The Morgan fingerprint density at radius 1 is 1.20 bits per heavy atom. The van der Waals surface area contributed by atoms with Crippen LogP contribution in [0.4, 0.5) is 0 Å². The van der Waals surface area contributed by atoms with E-state index in [1.54, 1.807) is 4.57 Å². The molecular formula is C18H13N5O2. The minimum absolute atomic E-state index is 0.0887. The van der Waals surface area contributed by atoms with Crippen molar-refractivity contribution in [3.8, 4) is 11.4 Å². The van der Waals surface area contributed by atoms with Crippen molar-refractivity contribution < 1.29 is 9.90 Å². The zero-order valence-electron chi connectivity index (χ0n) is 13.0. The zero-order valence-corrected chi connectivity index (χ0v) is 13.0. The Bertz CT molecular complexity index is 1210. The molecule has 0 unspecified atom stereocenters. The number of benzene rings is 2. The van der Waals surface area contributed by atoms with Crippen LogP contribution in [0.15, 0.2) is 48.8 Å². The number of aromatic nitrogens is 5. The number of nitrogens with zero attached hydrogens (tertiary/aromatic N) is 3. The average Bonchev–Trinajstić information content (AvgIpc) is 3.28. The van der Waals surface area contributed by atoms with Crippen LogP contribution in [0.25, 0.3) is 44.2 Å². The van der Waals surface area contributed by atoms with Gasteiger partial charge in [0.15, 0.2) is 0 Å². The summed E-state index contributed by atoms with van der Waals surface area (Å²) in [5.74, 6) is -0.162. The van der Waals surface area contributed by atoms with Gasteiger partial charge in [0.2, 0.25) is 0 Å². The first-order chi connectivity index (χ1) is 12.2. The van der Waals surface area contributed by atoms with E-state index in [1.807, 2.05) is 48.8 Å². The Kier molecular flexibility index (Phi) is 2.73. The van der Waals surface area contributed by atoms with Gasteiger partial charge in [-0.3, -0.25) is 9.89 Å². The van der Waals surface area contributed by atoms with Crippen LogP contribution in [0, 0.1) is 0 Å². The van der Waals surface area contributed by atoms with E-state index < -0.39 is 5.97 Å². The lowest BCUT2D eigenvalue weighted by Crippen LogP contribution is -2.07. The van der Waals surface area contributed by atoms with Crippen LogP contribution in [0.1, 0.15) is 0 Å². The third-order valence-corrected chi connectivity index (χ3v) is 4.38. The number of imidazole rings is 1. The van der Waals surface area contributed by atoms with E-state index in [-0.39, 0.29) is 6.54 Å². The van der Waals surface area contributed by atoms with Crippen LogP contribution >= 0.6 is 0 Å². The van der Waals surface area contributed by atoms with Crippen molar-refractivity contribution in [3.63, 3.8) is 0 Å². The number of carbonyl (C=O) groups is 1. The first kappa shape index (κ1) is 13.8. The standard InChI is InChI=1S/C18H13N5O2/c24-17(25)9-23-8-12(11-3-1-2-4-16(11)23)18-20-14-5-10-7-19-22-13(10)6-15(14)21-18/h1-8H,9H2,(H,19,22)(H,20,21)(H,24,25). The van der Waals surface area contributed by atoms with Crippen LogP contribution in [0.3, 0.4) is 0 Å². The van der Waals surface area contributed by atoms with Crippen molar-refractivity contribution >= 4 is 38.8 Å². The molecule has 3 aromatic heterocycles. The second-order valence-electron chi connectivity index (χ2n) is 5.98. The minimum Gasteiger partial charge on any atom is -0.480 e. The van der Waals surface area contributed by atoms with Crippen molar-refractivity contribution in [2.24, 2.45) is 0 Å². The molecule has 0 spiro atoms. The molecule has 0 fully saturated rings. The Morgan fingerprint density at radius 2 is 2.08 bits per heavy atom. The maximum Gasteiger partial charge on any atom is 0.323 e. The summed E-state index contributed by atoms with van der Waals surface area (Å²) in [4.78, 5) is 19.2. The van der Waals surface area contributed by atoms with Gasteiger partial charge in [0.25, 0.3) is 0 Å². The van der Waals surface area contributed by atoms with Crippen molar-refractivity contribution in [1.29, 1.82) is 0 Å². The van der Waals surface area contributed by atoms with Gasteiger partial charge >= 0.3 is 5.97 Å². The summed E-state index contributed by atoms with van der Waals surface area (Å²) < 4.78 is 1.73. The molecule has 7 nitrogen and oxygen atoms in total. The fourth-order valence-electron chi connectivity index (χ4n) is 3.28. The molecule has 0 radical (unpaired) electrons. The van der Waals surface area contributed by atoms with Gasteiger partial charge in [0.1, 0.15) is 12.4 Å². The quantitative estimate of drug-likeness (QED) is 0.473. The topological polar surface area (TPSA) is 99.6 Å². The number of H-pyrrole nitrogens is 2. The fraction of sp³-hybridized carbons (Fsp3) is 0.0556. The first-order valence-corrected chi connectivity index (χ1v) is 7.82. The number of carboxylic acid groups (broad SMARTS) is 1. The number of hydrogen-bond donors (Lipinski definition) is 3. The zero-order chi connectivity index (χ0) is 17.0. The summed E-state index contributed by atoms with van der Waals surface area (Å²) in [5.41, 5.74) is 4.36. The second kappa shape index (κ2) is 4.94. The lowest BCUT2D eigenvalue weighted by Gasteiger charge is -1.99. The van der Waals surface area contributed by atoms with Gasteiger partial charge in [-0.15, -0.1) is 0 Å². The van der Waals surface area contributed by atoms with Gasteiger partial charge in [0, 0.05) is 34.2 Å². The summed E-state index contributed by atoms with van der Waals surface area (Å²) in [6.07, 6.45) is 3.67. The molecule has 25 heavy (non-hydrogen) atoms. The summed E-state index contributed by atoms with van der Waals surface area (Å²) in [6.45, 7) is -0.0887. The Labute approximate surface area is 140 Å². The highest BCUT2D eigenvalue weighted by Gasteiger charge is 2.15. The van der Waals surface area contributed by atoms with Gasteiger partial charge in [-0.05, 0) is 18.2 Å². The van der Waals surface area contributed by atoms with E-state index >= 15 is 0 Å². The summed E-state index contributed by atoms with van der Waals surface area (Å²) >= 11 is 0. The molecule has 0 saturated carbocycles. The normalized spacial score (nSPS) is 11.7. The number of fused-ring (bicyclic) bond motifs is 3. The molecule has 3 heterocycles. The van der Waals surface area contributed by atoms with Crippen molar-refractivity contribution in [2.75, 3.05) is 0 Å². The van der Waals surface area contributed by atoms with Gasteiger partial charge in [-0.25, -0.2) is 4.98 Å². The smallest absolute Gasteiger partial charge is 0.323 e. The number of nitrogens with one attached hydrogen (secondary N) is 2. The predicted octanol–water partition coefficient (Wildman–Crippen LogP) is 3.15. The minimum atomic E-state index is -0.877. The molecular weight excluding hydrogens is 318 g/mol. The van der Waals surface area contributed by atoms with Crippen LogP contribution in [-0.4, -0.2) is 35.8 Å². The SMILES string of the molecule is O=C(O)Cn1cc(-c2nc3cc4c[nH]nc4cc3[nH]2)c2ccccc21. The van der Waals surface area contributed by atoms with Crippen molar-refractivity contribution in [2.45, 2.75) is 6.54 Å². The number of para-hydroxylation sites is 1. The van der Waals surface area contributed by atoms with Gasteiger partial charge in [0.05, 0.1) is 16.6 Å². The predicted molar refractivity (Wildman–Crippen MR) is 94.3 cm³/mol. The summed E-state index contributed by atoms with van der Waals surface area (Å²) in [5, 5.41) is 18.2. The van der Waals surface area contributed by atoms with E-state index in [1.165, 1.54) is 0 Å². The highest BCUT2D eigenvalue weighted by atomic mass is 16.4. The maximum absolute atomic E-state index is 11.1. The second-order valence-corrected chi connectivity index (χ2v) is 5.98. The van der Waals surface area contributed by atoms with Crippen LogP contribution in [-0.2, 0) is 11.3 Å². The summed E-state index contributed by atoms with van der Waals surface area (Å²) in [6, 6.07) is 11.7. The molecule has 0 bridgehead atoms. The highest BCUT2D eigenvalue weighted by molar-refractivity contribution is 5.98. The molecule has 2 aromatic carbocycles. The number of hydrogen-bond acceptors (Lipinski definition) is 3. The van der Waals surface area contributed by atoms with Gasteiger partial charge in [-0.1, -0.05) is 18.2 Å². The number of aromatic amines is 2. The molecule has 122 valence electrons. The molecule has 0 amide bonds. The number of carboxylic acids is 1. The molecule has 0 aliphatic carbocycles. The van der Waals surface area contributed by atoms with Gasteiger partial charge in [-0.2, -0.15) is 5.10 Å². The third kappa shape index (κ3) is 2.09. The number of aliphatic carboxylic acids is 1. The maximum atomic E-state index is 11.1. The molecule has 7 heteroatoms. The highest BCUT2D eigenvalue weighted by Crippen LogP contribution is 2.31. The first-order valence-electron chi connectivity index (χ1n) is 7.82. The average molecular weight is 331 g/mol. The van der Waals surface area contributed by atoms with E-state index in [4.69, 9.17) is 10.1 Å². The van der Waals surface area contributed by atoms with E-state index in [0.717, 1.165) is 38.4 Å². The molecule has 0 atom stereocenters. The van der Waals surface area contributed by atoms with E-state index in [0.29, 0.717) is 5.82 Å². The largest absolute Gasteiger partial charge is 0.480 e. The van der Waals surface area contributed by atoms with Crippen LogP contribution in [0.2, 0.25) is 0 Å². The Morgan fingerprint density at radius 3 is 2.96 bits per heavy atom. The fourth-order valence-corrected chi connectivity index (χ4v) is 3.28. The Balaban J connectivity index is 1.74. The van der Waals surface area contributed by atoms with E-state index in [9.17, 15) is 4.79 Å². The molecule has 0 aliphatic rings.